The molecular weight excluding hydrogens is 292 g/mol. The van der Waals surface area contributed by atoms with Gasteiger partial charge in [-0.3, -0.25) is 4.90 Å². The van der Waals surface area contributed by atoms with E-state index in [1.807, 2.05) is 13.0 Å². The van der Waals surface area contributed by atoms with Crippen LogP contribution in [0.15, 0.2) is 16.3 Å². The highest BCUT2D eigenvalue weighted by Crippen LogP contribution is 2.21. The van der Waals surface area contributed by atoms with E-state index in [9.17, 15) is 8.42 Å². The molecule has 114 valence electrons. The van der Waals surface area contributed by atoms with E-state index < -0.39 is 10.0 Å². The summed E-state index contributed by atoms with van der Waals surface area (Å²) in [4.78, 5) is 3.43. The number of hydrogen-bond acceptors (Lipinski definition) is 4. The average Bonchev–Trinajstić information content (AvgIpc) is 3.00. The molecule has 1 fully saturated rings. The van der Waals surface area contributed by atoms with Crippen LogP contribution in [0.5, 0.6) is 0 Å². The zero-order valence-electron chi connectivity index (χ0n) is 12.4. The maximum Gasteiger partial charge on any atom is 0.250 e. The lowest BCUT2D eigenvalue weighted by Crippen LogP contribution is -2.45. The minimum Gasteiger partial charge on any atom is -0.299 e. The van der Waals surface area contributed by atoms with Gasteiger partial charge < -0.3 is 0 Å². The van der Waals surface area contributed by atoms with Crippen molar-refractivity contribution < 1.29 is 8.42 Å². The molecule has 4 nitrogen and oxygen atoms in total. The van der Waals surface area contributed by atoms with Gasteiger partial charge in [0.25, 0.3) is 0 Å². The van der Waals surface area contributed by atoms with Crippen LogP contribution < -0.4 is 4.72 Å². The predicted octanol–water partition coefficient (Wildman–Crippen LogP) is 2.46. The number of sulfonamides is 1. The van der Waals surface area contributed by atoms with Crippen molar-refractivity contribution in [3.05, 3.63) is 17.0 Å². The van der Waals surface area contributed by atoms with Gasteiger partial charge in [0.15, 0.2) is 0 Å². The lowest BCUT2D eigenvalue weighted by atomic mass is 10.0. The highest BCUT2D eigenvalue weighted by Gasteiger charge is 2.26. The van der Waals surface area contributed by atoms with E-state index in [1.165, 1.54) is 24.2 Å². The van der Waals surface area contributed by atoms with Crippen molar-refractivity contribution in [2.45, 2.75) is 43.9 Å². The Morgan fingerprint density at radius 1 is 1.30 bits per heavy atom. The van der Waals surface area contributed by atoms with Crippen LogP contribution >= 0.6 is 11.3 Å². The van der Waals surface area contributed by atoms with Gasteiger partial charge in [0, 0.05) is 17.5 Å². The second kappa shape index (κ2) is 6.56. The lowest BCUT2D eigenvalue weighted by molar-refractivity contribution is 0.193. The smallest absolute Gasteiger partial charge is 0.250 e. The normalized spacial score (nSPS) is 18.8. The van der Waals surface area contributed by atoms with Crippen LogP contribution in [-0.4, -0.2) is 39.0 Å². The zero-order valence-corrected chi connectivity index (χ0v) is 14.1. The summed E-state index contributed by atoms with van der Waals surface area (Å²) in [5.74, 6) is 0.445. The van der Waals surface area contributed by atoms with Crippen LogP contribution in [0.4, 0.5) is 0 Å². The molecule has 2 rings (SSSR count). The van der Waals surface area contributed by atoms with Crippen LogP contribution in [0.25, 0.3) is 0 Å². The summed E-state index contributed by atoms with van der Waals surface area (Å²) >= 11 is 1.32. The first-order valence-electron chi connectivity index (χ1n) is 7.20. The van der Waals surface area contributed by atoms with Crippen molar-refractivity contribution in [3.63, 3.8) is 0 Å². The van der Waals surface area contributed by atoms with E-state index in [1.54, 1.807) is 6.07 Å². The Morgan fingerprint density at radius 3 is 2.45 bits per heavy atom. The summed E-state index contributed by atoms with van der Waals surface area (Å²) < 4.78 is 27.7. The van der Waals surface area contributed by atoms with Gasteiger partial charge in [-0.15, -0.1) is 11.3 Å². The molecule has 1 aliphatic heterocycles. The maximum atomic E-state index is 12.3. The van der Waals surface area contributed by atoms with Gasteiger partial charge in [-0.05, 0) is 50.9 Å². The van der Waals surface area contributed by atoms with Crippen molar-refractivity contribution >= 4 is 21.4 Å². The molecular formula is C14H24N2O2S2. The molecule has 1 aliphatic rings. The molecule has 0 saturated carbocycles. The lowest BCUT2D eigenvalue weighted by Gasteiger charge is -2.30. The third-order valence-electron chi connectivity index (χ3n) is 3.84. The monoisotopic (exact) mass is 316 g/mol. The summed E-state index contributed by atoms with van der Waals surface area (Å²) in [6.45, 7) is 8.91. The average molecular weight is 316 g/mol. The standard InChI is InChI=1S/C14H24N2O2S2/c1-11(2)13(16-8-4-5-9-16)10-15-20(17,18)14-7-6-12(3)19-14/h6-7,11,13,15H,4-5,8-10H2,1-3H3. The number of hydrogen-bond donors (Lipinski definition) is 1. The summed E-state index contributed by atoms with van der Waals surface area (Å²) in [6.07, 6.45) is 2.44. The van der Waals surface area contributed by atoms with Crippen LogP contribution in [0.2, 0.25) is 0 Å². The fraction of sp³-hybridized carbons (Fsp3) is 0.714. The molecule has 1 saturated heterocycles. The van der Waals surface area contributed by atoms with Gasteiger partial charge in [0.2, 0.25) is 10.0 Å². The minimum atomic E-state index is -3.36. The molecule has 0 amide bonds. The van der Waals surface area contributed by atoms with E-state index in [2.05, 4.69) is 23.5 Å². The Balaban J connectivity index is 2.01. The fourth-order valence-corrected chi connectivity index (χ4v) is 5.06. The molecule has 2 heterocycles. The van der Waals surface area contributed by atoms with E-state index in [0.717, 1.165) is 18.0 Å². The number of likely N-dealkylation sites (tertiary alicyclic amines) is 1. The van der Waals surface area contributed by atoms with Crippen molar-refractivity contribution in [1.82, 2.24) is 9.62 Å². The Kier molecular flexibility index (Phi) is 5.23. The Hall–Kier alpha value is -0.430. The Bertz CT molecular complexity index is 531. The molecule has 1 unspecified atom stereocenters. The second-order valence-electron chi connectivity index (χ2n) is 5.77. The third kappa shape index (κ3) is 3.81. The summed E-state index contributed by atoms with van der Waals surface area (Å²) in [5, 5.41) is 0. The van der Waals surface area contributed by atoms with Crippen molar-refractivity contribution in [3.8, 4) is 0 Å². The first kappa shape index (κ1) is 15.9. The molecule has 0 aromatic carbocycles. The number of thiophene rings is 1. The van der Waals surface area contributed by atoms with Gasteiger partial charge in [0.05, 0.1) is 0 Å². The first-order chi connectivity index (χ1) is 9.40. The van der Waals surface area contributed by atoms with Crippen LogP contribution in [0.3, 0.4) is 0 Å². The number of rotatable bonds is 6. The number of aryl methyl sites for hydroxylation is 1. The van der Waals surface area contributed by atoms with E-state index in [-0.39, 0.29) is 6.04 Å². The quantitative estimate of drug-likeness (QED) is 0.877. The van der Waals surface area contributed by atoms with Gasteiger partial charge in [-0.25, -0.2) is 13.1 Å². The van der Waals surface area contributed by atoms with Gasteiger partial charge in [-0.1, -0.05) is 13.8 Å². The van der Waals surface area contributed by atoms with Crippen molar-refractivity contribution in [1.29, 1.82) is 0 Å². The minimum absolute atomic E-state index is 0.285. The van der Waals surface area contributed by atoms with E-state index in [0.29, 0.717) is 16.7 Å². The molecule has 0 spiro atoms. The first-order valence-corrected chi connectivity index (χ1v) is 9.50. The molecule has 20 heavy (non-hydrogen) atoms. The van der Waals surface area contributed by atoms with E-state index in [4.69, 9.17) is 0 Å². The van der Waals surface area contributed by atoms with Crippen LogP contribution in [-0.2, 0) is 10.0 Å². The summed E-state index contributed by atoms with van der Waals surface area (Å²) in [6, 6.07) is 3.82. The Labute approximate surface area is 126 Å². The number of nitrogens with one attached hydrogen (secondary N) is 1. The largest absolute Gasteiger partial charge is 0.299 e. The predicted molar refractivity (Wildman–Crippen MR) is 83.7 cm³/mol. The Morgan fingerprint density at radius 2 is 1.95 bits per heavy atom. The fourth-order valence-electron chi connectivity index (χ4n) is 2.68. The molecule has 1 aromatic rings. The highest BCUT2D eigenvalue weighted by molar-refractivity contribution is 7.91. The number of nitrogens with zero attached hydrogens (tertiary/aromatic N) is 1. The van der Waals surface area contributed by atoms with Gasteiger partial charge >= 0.3 is 0 Å². The van der Waals surface area contributed by atoms with Gasteiger partial charge in [0.1, 0.15) is 4.21 Å². The topological polar surface area (TPSA) is 49.4 Å². The van der Waals surface area contributed by atoms with Crippen LogP contribution in [0.1, 0.15) is 31.6 Å². The SMILES string of the molecule is Cc1ccc(S(=O)(=O)NCC(C(C)C)N2CCCC2)s1. The third-order valence-corrected chi connectivity index (χ3v) is 6.76. The van der Waals surface area contributed by atoms with Crippen molar-refractivity contribution in [2.24, 2.45) is 5.92 Å². The summed E-state index contributed by atoms with van der Waals surface area (Å²) in [5.41, 5.74) is 0. The molecule has 1 atom stereocenters. The maximum absolute atomic E-state index is 12.3. The zero-order chi connectivity index (χ0) is 14.8. The molecule has 1 aromatic heterocycles. The van der Waals surface area contributed by atoms with E-state index >= 15 is 0 Å². The van der Waals surface area contributed by atoms with Crippen molar-refractivity contribution in [2.75, 3.05) is 19.6 Å². The molecule has 0 bridgehead atoms. The van der Waals surface area contributed by atoms with Gasteiger partial charge in [-0.2, -0.15) is 0 Å². The van der Waals surface area contributed by atoms with Crippen LogP contribution in [0, 0.1) is 12.8 Å². The summed E-state index contributed by atoms with van der Waals surface area (Å²) in [7, 11) is -3.36. The molecule has 1 N–H and O–H groups in total. The highest BCUT2D eigenvalue weighted by atomic mass is 32.2. The molecule has 6 heteroatoms. The molecule has 0 aliphatic carbocycles. The molecule has 0 radical (unpaired) electrons. The second-order valence-corrected chi connectivity index (χ2v) is 9.05.